The van der Waals surface area contributed by atoms with Crippen molar-refractivity contribution in [2.24, 2.45) is 0 Å². The highest BCUT2D eigenvalue weighted by molar-refractivity contribution is 9.10. The number of ether oxygens (including phenoxy) is 1. The number of rotatable bonds is 6. The van der Waals surface area contributed by atoms with E-state index in [1.54, 1.807) is 49.0 Å². The molecule has 0 aliphatic rings. The second kappa shape index (κ2) is 8.86. The SMILES string of the molecule is COc1ccc(CCNC(=O)c2ccc3cc(C(=O)NO)ccc3c2)cc1Br. The Bertz CT molecular complexity index is 1040. The second-order valence-corrected chi connectivity index (χ2v) is 7.05. The van der Waals surface area contributed by atoms with E-state index in [4.69, 9.17) is 9.94 Å². The molecule has 3 N–H and O–H groups in total. The minimum atomic E-state index is -0.575. The number of hydrogen-bond donors (Lipinski definition) is 3. The molecule has 6 nitrogen and oxygen atoms in total. The van der Waals surface area contributed by atoms with Gasteiger partial charge in [-0.05, 0) is 75.1 Å². The summed E-state index contributed by atoms with van der Waals surface area (Å²) in [5, 5.41) is 13.3. The van der Waals surface area contributed by atoms with Crippen LogP contribution in [0.3, 0.4) is 0 Å². The Kier molecular flexibility index (Phi) is 6.28. The number of benzene rings is 3. The first-order valence-electron chi connectivity index (χ1n) is 8.60. The monoisotopic (exact) mass is 442 g/mol. The van der Waals surface area contributed by atoms with Crippen molar-refractivity contribution in [3.05, 3.63) is 75.8 Å². The van der Waals surface area contributed by atoms with E-state index < -0.39 is 5.91 Å². The summed E-state index contributed by atoms with van der Waals surface area (Å²) >= 11 is 3.46. The Morgan fingerprint density at radius 2 is 1.61 bits per heavy atom. The molecule has 0 aromatic heterocycles. The third-order valence-electron chi connectivity index (χ3n) is 4.38. The Morgan fingerprint density at radius 1 is 0.964 bits per heavy atom. The number of hydrogen-bond acceptors (Lipinski definition) is 4. The van der Waals surface area contributed by atoms with Gasteiger partial charge in [0.25, 0.3) is 11.8 Å². The molecule has 0 unspecified atom stereocenters. The van der Waals surface area contributed by atoms with Crippen LogP contribution in [0.2, 0.25) is 0 Å². The van der Waals surface area contributed by atoms with Crippen molar-refractivity contribution in [1.29, 1.82) is 0 Å². The first kappa shape index (κ1) is 19.9. The molecule has 28 heavy (non-hydrogen) atoms. The van der Waals surface area contributed by atoms with Crippen molar-refractivity contribution >= 4 is 38.5 Å². The lowest BCUT2D eigenvalue weighted by Gasteiger charge is -2.09. The van der Waals surface area contributed by atoms with E-state index >= 15 is 0 Å². The van der Waals surface area contributed by atoms with Crippen molar-refractivity contribution in [3.8, 4) is 5.75 Å². The van der Waals surface area contributed by atoms with Gasteiger partial charge < -0.3 is 10.1 Å². The van der Waals surface area contributed by atoms with E-state index in [0.29, 0.717) is 24.1 Å². The molecule has 0 atom stereocenters. The van der Waals surface area contributed by atoms with E-state index in [1.165, 1.54) is 0 Å². The maximum atomic E-state index is 12.4. The fourth-order valence-corrected chi connectivity index (χ4v) is 3.47. The maximum absolute atomic E-state index is 12.4. The predicted octanol–water partition coefficient (Wildman–Crippen LogP) is 3.70. The summed E-state index contributed by atoms with van der Waals surface area (Å²) in [6.45, 7) is 0.505. The van der Waals surface area contributed by atoms with Gasteiger partial charge >= 0.3 is 0 Å². The Morgan fingerprint density at radius 3 is 2.18 bits per heavy atom. The van der Waals surface area contributed by atoms with Crippen LogP contribution in [0, 0.1) is 0 Å². The molecule has 0 saturated carbocycles. The van der Waals surface area contributed by atoms with Gasteiger partial charge in [0.05, 0.1) is 11.6 Å². The normalized spacial score (nSPS) is 10.5. The van der Waals surface area contributed by atoms with Crippen LogP contribution in [0.5, 0.6) is 5.75 Å². The van der Waals surface area contributed by atoms with Crippen LogP contribution in [-0.4, -0.2) is 30.7 Å². The van der Waals surface area contributed by atoms with Gasteiger partial charge in [0.1, 0.15) is 5.75 Å². The number of hydroxylamine groups is 1. The first-order valence-corrected chi connectivity index (χ1v) is 9.40. The Balaban J connectivity index is 1.64. The Labute approximate surface area is 170 Å². The third-order valence-corrected chi connectivity index (χ3v) is 5.00. The van der Waals surface area contributed by atoms with Gasteiger partial charge in [-0.15, -0.1) is 0 Å². The predicted molar refractivity (Wildman–Crippen MR) is 110 cm³/mol. The van der Waals surface area contributed by atoms with E-state index in [0.717, 1.165) is 26.6 Å². The highest BCUT2D eigenvalue weighted by Gasteiger charge is 2.09. The zero-order valence-electron chi connectivity index (χ0n) is 15.2. The molecular weight excluding hydrogens is 424 g/mol. The summed E-state index contributed by atoms with van der Waals surface area (Å²) in [6, 6.07) is 16.1. The summed E-state index contributed by atoms with van der Waals surface area (Å²) < 4.78 is 6.09. The van der Waals surface area contributed by atoms with Crippen molar-refractivity contribution in [3.63, 3.8) is 0 Å². The number of carbonyl (C=O) groups is 2. The van der Waals surface area contributed by atoms with E-state index in [-0.39, 0.29) is 5.91 Å². The van der Waals surface area contributed by atoms with Gasteiger partial charge in [-0.25, -0.2) is 5.48 Å². The topological polar surface area (TPSA) is 87.7 Å². The van der Waals surface area contributed by atoms with Gasteiger partial charge in [0.2, 0.25) is 0 Å². The van der Waals surface area contributed by atoms with Crippen LogP contribution >= 0.6 is 15.9 Å². The summed E-state index contributed by atoms with van der Waals surface area (Å²) in [5.41, 5.74) is 3.58. The average molecular weight is 443 g/mol. The zero-order valence-corrected chi connectivity index (χ0v) is 16.7. The van der Waals surface area contributed by atoms with Gasteiger partial charge in [0, 0.05) is 17.7 Å². The van der Waals surface area contributed by atoms with Crippen LogP contribution in [0.1, 0.15) is 26.3 Å². The average Bonchev–Trinajstić information content (AvgIpc) is 2.72. The lowest BCUT2D eigenvalue weighted by atomic mass is 10.0. The number of methoxy groups -OCH3 is 1. The van der Waals surface area contributed by atoms with Gasteiger partial charge in [-0.3, -0.25) is 14.8 Å². The Hall–Kier alpha value is -2.90. The standard InChI is InChI=1S/C21H19BrN2O4/c1-28-19-7-2-13(10-18(19)22)8-9-23-20(25)16-5-3-15-12-17(21(26)24-27)6-4-14(15)11-16/h2-7,10-12,27H,8-9H2,1H3,(H,23,25)(H,24,26). The number of halogens is 1. The van der Waals surface area contributed by atoms with E-state index in [9.17, 15) is 9.59 Å². The first-order chi connectivity index (χ1) is 13.5. The zero-order chi connectivity index (χ0) is 20.1. The van der Waals surface area contributed by atoms with Crippen LogP contribution in [0.15, 0.2) is 59.1 Å². The van der Waals surface area contributed by atoms with Crippen LogP contribution in [-0.2, 0) is 6.42 Å². The molecule has 0 heterocycles. The molecule has 7 heteroatoms. The molecule has 2 amide bonds. The molecule has 144 valence electrons. The molecule has 0 saturated heterocycles. The van der Waals surface area contributed by atoms with Crippen molar-refractivity contribution in [2.75, 3.05) is 13.7 Å². The van der Waals surface area contributed by atoms with Crippen molar-refractivity contribution in [2.45, 2.75) is 6.42 Å². The molecule has 0 spiro atoms. The van der Waals surface area contributed by atoms with Gasteiger partial charge in [-0.1, -0.05) is 18.2 Å². The van der Waals surface area contributed by atoms with Crippen molar-refractivity contribution in [1.82, 2.24) is 10.8 Å². The molecule has 0 radical (unpaired) electrons. The summed E-state index contributed by atoms with van der Waals surface area (Å²) in [5.74, 6) is 0.0316. The molecular formula is C21H19BrN2O4. The van der Waals surface area contributed by atoms with Crippen LogP contribution < -0.4 is 15.5 Å². The van der Waals surface area contributed by atoms with Crippen LogP contribution in [0.4, 0.5) is 0 Å². The van der Waals surface area contributed by atoms with E-state index in [2.05, 4.69) is 21.2 Å². The molecule has 3 aromatic rings. The van der Waals surface area contributed by atoms with Crippen LogP contribution in [0.25, 0.3) is 10.8 Å². The summed E-state index contributed by atoms with van der Waals surface area (Å²) in [4.78, 5) is 23.9. The second-order valence-electron chi connectivity index (χ2n) is 6.19. The fraction of sp³-hybridized carbons (Fsp3) is 0.143. The number of nitrogens with one attached hydrogen (secondary N) is 2. The number of fused-ring (bicyclic) bond motifs is 1. The highest BCUT2D eigenvalue weighted by Crippen LogP contribution is 2.25. The molecule has 0 fully saturated rings. The van der Waals surface area contributed by atoms with Gasteiger partial charge in [0.15, 0.2) is 0 Å². The largest absolute Gasteiger partial charge is 0.496 e. The minimum absolute atomic E-state index is 0.161. The molecule has 0 aliphatic heterocycles. The molecule has 3 aromatic carbocycles. The maximum Gasteiger partial charge on any atom is 0.274 e. The molecule has 0 bridgehead atoms. The number of carbonyl (C=O) groups excluding carboxylic acids is 2. The quantitative estimate of drug-likeness (QED) is 0.401. The molecule has 3 rings (SSSR count). The minimum Gasteiger partial charge on any atom is -0.496 e. The van der Waals surface area contributed by atoms with E-state index in [1.807, 2.05) is 18.2 Å². The summed E-state index contributed by atoms with van der Waals surface area (Å²) in [6.07, 6.45) is 0.696. The number of amides is 2. The smallest absolute Gasteiger partial charge is 0.274 e. The van der Waals surface area contributed by atoms with Gasteiger partial charge in [-0.2, -0.15) is 0 Å². The fourth-order valence-electron chi connectivity index (χ4n) is 2.88. The van der Waals surface area contributed by atoms with Crippen molar-refractivity contribution < 1.29 is 19.5 Å². The lowest BCUT2D eigenvalue weighted by molar-refractivity contribution is 0.0706. The third kappa shape index (κ3) is 4.49. The highest BCUT2D eigenvalue weighted by atomic mass is 79.9. The molecule has 0 aliphatic carbocycles. The summed E-state index contributed by atoms with van der Waals surface area (Å²) in [7, 11) is 1.62. The lowest BCUT2D eigenvalue weighted by Crippen LogP contribution is -2.25.